The van der Waals surface area contributed by atoms with Crippen LogP contribution in [0.15, 0.2) is 42.5 Å². The van der Waals surface area contributed by atoms with Crippen molar-refractivity contribution in [3.8, 4) is 5.75 Å². The molecule has 0 saturated carbocycles. The number of rotatable bonds is 5. The molecular formula is C16H15ClFNO2. The Hall–Kier alpha value is -2.07. The first kappa shape index (κ1) is 15.3. The van der Waals surface area contributed by atoms with Crippen LogP contribution in [0.1, 0.15) is 12.5 Å². The second-order valence-electron chi connectivity index (χ2n) is 4.46. The van der Waals surface area contributed by atoms with Crippen molar-refractivity contribution >= 4 is 23.2 Å². The van der Waals surface area contributed by atoms with Gasteiger partial charge >= 0.3 is 0 Å². The van der Waals surface area contributed by atoms with Crippen LogP contribution in [0.5, 0.6) is 5.75 Å². The van der Waals surface area contributed by atoms with E-state index in [0.717, 1.165) is 6.42 Å². The van der Waals surface area contributed by atoms with Crippen LogP contribution in [0.3, 0.4) is 0 Å². The molecule has 0 aromatic heterocycles. The Bertz CT molecular complexity index is 629. The molecule has 2 aromatic rings. The first-order valence-electron chi connectivity index (χ1n) is 6.55. The van der Waals surface area contributed by atoms with Crippen LogP contribution in [0, 0.1) is 5.82 Å². The summed E-state index contributed by atoms with van der Waals surface area (Å²) < 4.78 is 18.2. The molecule has 0 aliphatic rings. The summed E-state index contributed by atoms with van der Waals surface area (Å²) in [7, 11) is 0. The summed E-state index contributed by atoms with van der Waals surface area (Å²) in [6, 6.07) is 11.5. The number of halogens is 2. The number of aryl methyl sites for hydroxylation is 1. The Morgan fingerprint density at radius 1 is 1.24 bits per heavy atom. The number of anilines is 1. The molecule has 0 heterocycles. The van der Waals surface area contributed by atoms with Gasteiger partial charge in [-0.2, -0.15) is 0 Å². The van der Waals surface area contributed by atoms with Gasteiger partial charge in [0.1, 0.15) is 11.6 Å². The average Bonchev–Trinajstić information content (AvgIpc) is 2.49. The molecule has 2 aromatic carbocycles. The van der Waals surface area contributed by atoms with Gasteiger partial charge in [-0.15, -0.1) is 0 Å². The third-order valence-electron chi connectivity index (χ3n) is 2.91. The number of nitrogens with one attached hydrogen (secondary N) is 1. The van der Waals surface area contributed by atoms with Crippen molar-refractivity contribution in [2.24, 2.45) is 0 Å². The van der Waals surface area contributed by atoms with Crippen molar-refractivity contribution in [3.63, 3.8) is 0 Å². The fourth-order valence-electron chi connectivity index (χ4n) is 1.74. The molecule has 1 N–H and O–H groups in total. The minimum atomic E-state index is -0.524. The highest BCUT2D eigenvalue weighted by Crippen LogP contribution is 2.21. The van der Waals surface area contributed by atoms with Crippen LogP contribution < -0.4 is 10.1 Å². The van der Waals surface area contributed by atoms with Crippen LogP contribution in [-0.4, -0.2) is 12.5 Å². The van der Waals surface area contributed by atoms with Crippen molar-refractivity contribution in [2.75, 3.05) is 11.9 Å². The van der Waals surface area contributed by atoms with Gasteiger partial charge in [0.25, 0.3) is 5.91 Å². The predicted octanol–water partition coefficient (Wildman–Crippen LogP) is 4.06. The Kier molecular flexibility index (Phi) is 5.17. The molecule has 0 aliphatic heterocycles. The van der Waals surface area contributed by atoms with E-state index in [0.29, 0.717) is 11.4 Å². The van der Waals surface area contributed by atoms with Gasteiger partial charge in [-0.3, -0.25) is 4.79 Å². The maximum absolute atomic E-state index is 13.0. The van der Waals surface area contributed by atoms with Crippen molar-refractivity contribution in [1.82, 2.24) is 0 Å². The second kappa shape index (κ2) is 7.09. The largest absolute Gasteiger partial charge is 0.484 e. The highest BCUT2D eigenvalue weighted by atomic mass is 35.5. The summed E-state index contributed by atoms with van der Waals surface area (Å²) in [5.74, 6) is -0.470. The van der Waals surface area contributed by atoms with Crippen LogP contribution in [0.4, 0.5) is 10.1 Å². The smallest absolute Gasteiger partial charge is 0.262 e. The Balaban J connectivity index is 1.87. The van der Waals surface area contributed by atoms with E-state index in [1.165, 1.54) is 23.8 Å². The molecule has 2 rings (SSSR count). The normalized spacial score (nSPS) is 10.2. The molecular weight excluding hydrogens is 293 g/mol. The molecule has 1 amide bonds. The van der Waals surface area contributed by atoms with E-state index in [1.807, 2.05) is 24.3 Å². The van der Waals surface area contributed by atoms with Gasteiger partial charge in [-0.05, 0) is 36.2 Å². The topological polar surface area (TPSA) is 38.3 Å². The van der Waals surface area contributed by atoms with E-state index in [-0.39, 0.29) is 17.5 Å². The third-order valence-corrected chi connectivity index (χ3v) is 3.20. The minimum absolute atomic E-state index is 0.0388. The molecule has 110 valence electrons. The Morgan fingerprint density at radius 3 is 2.57 bits per heavy atom. The van der Waals surface area contributed by atoms with Gasteiger partial charge in [0, 0.05) is 11.8 Å². The highest BCUT2D eigenvalue weighted by molar-refractivity contribution is 6.30. The summed E-state index contributed by atoms with van der Waals surface area (Å²) >= 11 is 5.63. The first-order chi connectivity index (χ1) is 10.1. The maximum Gasteiger partial charge on any atom is 0.262 e. The van der Waals surface area contributed by atoms with Crippen molar-refractivity contribution < 1.29 is 13.9 Å². The molecule has 3 nitrogen and oxygen atoms in total. The van der Waals surface area contributed by atoms with E-state index in [9.17, 15) is 9.18 Å². The lowest BCUT2D eigenvalue weighted by atomic mass is 10.1. The quantitative estimate of drug-likeness (QED) is 0.904. The zero-order valence-electron chi connectivity index (χ0n) is 11.5. The molecule has 21 heavy (non-hydrogen) atoms. The molecule has 0 bridgehead atoms. The number of ether oxygens (including phenoxy) is 1. The van der Waals surface area contributed by atoms with Gasteiger partial charge < -0.3 is 10.1 Å². The summed E-state index contributed by atoms with van der Waals surface area (Å²) in [5, 5.41) is 2.68. The second-order valence-corrected chi connectivity index (χ2v) is 4.87. The third kappa shape index (κ3) is 4.46. The number of carbonyl (C=O) groups is 1. The van der Waals surface area contributed by atoms with Crippen LogP contribution in [0.25, 0.3) is 0 Å². The van der Waals surface area contributed by atoms with Crippen molar-refractivity contribution in [1.29, 1.82) is 0 Å². The summed E-state index contributed by atoms with van der Waals surface area (Å²) in [5.41, 5.74) is 1.91. The Labute approximate surface area is 127 Å². The van der Waals surface area contributed by atoms with E-state index in [1.54, 1.807) is 0 Å². The van der Waals surface area contributed by atoms with Crippen molar-refractivity contribution in [3.05, 3.63) is 58.9 Å². The van der Waals surface area contributed by atoms with Crippen LogP contribution in [-0.2, 0) is 11.2 Å². The molecule has 0 unspecified atom stereocenters. The highest BCUT2D eigenvalue weighted by Gasteiger charge is 2.06. The lowest BCUT2D eigenvalue weighted by molar-refractivity contribution is -0.118. The molecule has 0 saturated heterocycles. The maximum atomic E-state index is 13.0. The van der Waals surface area contributed by atoms with Crippen LogP contribution >= 0.6 is 11.6 Å². The number of amides is 1. The number of hydrogen-bond donors (Lipinski definition) is 1. The molecule has 0 fully saturated rings. The number of carbonyl (C=O) groups excluding carboxylic acids is 1. The molecule has 0 aliphatic carbocycles. The van der Waals surface area contributed by atoms with Gasteiger partial charge in [0.05, 0.1) is 5.02 Å². The van der Waals surface area contributed by atoms with Crippen LogP contribution in [0.2, 0.25) is 5.02 Å². The summed E-state index contributed by atoms with van der Waals surface area (Å²) in [4.78, 5) is 11.7. The average molecular weight is 308 g/mol. The number of hydrogen-bond acceptors (Lipinski definition) is 2. The number of benzene rings is 2. The van der Waals surface area contributed by atoms with E-state index < -0.39 is 5.82 Å². The lowest BCUT2D eigenvalue weighted by Crippen LogP contribution is -2.20. The lowest BCUT2D eigenvalue weighted by Gasteiger charge is -2.08. The zero-order valence-corrected chi connectivity index (χ0v) is 12.3. The zero-order chi connectivity index (χ0) is 15.2. The Morgan fingerprint density at radius 2 is 1.95 bits per heavy atom. The van der Waals surface area contributed by atoms with Gasteiger partial charge in [0.15, 0.2) is 6.61 Å². The monoisotopic (exact) mass is 307 g/mol. The van der Waals surface area contributed by atoms with E-state index in [4.69, 9.17) is 16.3 Å². The first-order valence-corrected chi connectivity index (χ1v) is 6.93. The van der Waals surface area contributed by atoms with Gasteiger partial charge in [0.2, 0.25) is 0 Å². The summed E-state index contributed by atoms with van der Waals surface area (Å²) in [6.07, 6.45) is 0.947. The van der Waals surface area contributed by atoms with Crippen molar-refractivity contribution in [2.45, 2.75) is 13.3 Å². The fraction of sp³-hybridized carbons (Fsp3) is 0.188. The molecule has 0 atom stereocenters. The van der Waals surface area contributed by atoms with Gasteiger partial charge in [-0.25, -0.2) is 4.39 Å². The SMILES string of the molecule is CCc1ccc(NC(=O)COc2ccc(F)c(Cl)c2)cc1. The van der Waals surface area contributed by atoms with Gasteiger partial charge in [-0.1, -0.05) is 30.7 Å². The van der Waals surface area contributed by atoms with E-state index in [2.05, 4.69) is 12.2 Å². The molecule has 5 heteroatoms. The van der Waals surface area contributed by atoms with E-state index >= 15 is 0 Å². The molecule has 0 radical (unpaired) electrons. The standard InChI is InChI=1S/C16H15ClFNO2/c1-2-11-3-5-12(6-4-11)19-16(20)10-21-13-7-8-15(18)14(17)9-13/h3-9H,2,10H2,1H3,(H,19,20). The minimum Gasteiger partial charge on any atom is -0.484 e. The molecule has 0 spiro atoms. The predicted molar refractivity (Wildman–Crippen MR) is 81.4 cm³/mol. The fourth-order valence-corrected chi connectivity index (χ4v) is 1.91. The summed E-state index contributed by atoms with van der Waals surface area (Å²) in [6.45, 7) is 1.90.